The molecular weight excluding hydrogens is 356 g/mol. The minimum Gasteiger partial charge on any atom is -0.465 e. The van der Waals surface area contributed by atoms with E-state index in [2.05, 4.69) is 4.99 Å². The van der Waals surface area contributed by atoms with E-state index in [0.717, 1.165) is 4.70 Å². The Hall–Kier alpha value is -2.48. The first kappa shape index (κ1) is 19.8. The van der Waals surface area contributed by atoms with Gasteiger partial charge in [0.15, 0.2) is 4.80 Å². The van der Waals surface area contributed by atoms with Gasteiger partial charge in [0.25, 0.3) is 0 Å². The second kappa shape index (κ2) is 9.28. The lowest BCUT2D eigenvalue weighted by molar-refractivity contribution is -0.143. The van der Waals surface area contributed by atoms with E-state index in [1.807, 2.05) is 6.92 Å². The molecule has 1 aromatic heterocycles. The van der Waals surface area contributed by atoms with E-state index < -0.39 is 11.9 Å². The fourth-order valence-electron chi connectivity index (χ4n) is 2.36. The van der Waals surface area contributed by atoms with Crippen molar-refractivity contribution < 1.29 is 23.9 Å². The van der Waals surface area contributed by atoms with Crippen LogP contribution < -0.4 is 4.80 Å². The molecule has 0 aliphatic heterocycles. The predicted molar refractivity (Wildman–Crippen MR) is 97.9 cm³/mol. The molecule has 1 aromatic carbocycles. The number of rotatable bonds is 7. The topological polar surface area (TPSA) is 87.0 Å². The second-order valence-electron chi connectivity index (χ2n) is 5.43. The summed E-state index contributed by atoms with van der Waals surface area (Å²) in [4.78, 5) is 40.4. The molecule has 0 saturated carbocycles. The van der Waals surface area contributed by atoms with E-state index in [0.29, 0.717) is 28.7 Å². The summed E-state index contributed by atoms with van der Waals surface area (Å²) in [5.41, 5.74) is 1.12. The molecule has 0 N–H and O–H groups in total. The number of thiazole rings is 1. The van der Waals surface area contributed by atoms with Gasteiger partial charge in [-0.2, -0.15) is 4.99 Å². The van der Waals surface area contributed by atoms with E-state index in [1.54, 1.807) is 36.6 Å². The molecule has 8 heteroatoms. The van der Waals surface area contributed by atoms with Crippen LogP contribution in [0.5, 0.6) is 0 Å². The third-order valence-electron chi connectivity index (χ3n) is 3.47. The Morgan fingerprint density at radius 2 is 1.85 bits per heavy atom. The molecule has 0 radical (unpaired) electrons. The minimum absolute atomic E-state index is 0.0508. The molecule has 7 nitrogen and oxygen atoms in total. The van der Waals surface area contributed by atoms with Gasteiger partial charge in [0.2, 0.25) is 5.91 Å². The fraction of sp³-hybridized carbons (Fsp3) is 0.444. The van der Waals surface area contributed by atoms with Crippen LogP contribution in [0.3, 0.4) is 0 Å². The molecule has 0 aliphatic carbocycles. The predicted octanol–water partition coefficient (Wildman–Crippen LogP) is 2.67. The van der Waals surface area contributed by atoms with E-state index in [-0.39, 0.29) is 25.7 Å². The average Bonchev–Trinajstić information content (AvgIpc) is 2.92. The monoisotopic (exact) mass is 378 g/mol. The van der Waals surface area contributed by atoms with Gasteiger partial charge >= 0.3 is 11.9 Å². The Balaban J connectivity index is 2.54. The van der Waals surface area contributed by atoms with Gasteiger partial charge in [-0.1, -0.05) is 18.3 Å². The van der Waals surface area contributed by atoms with Crippen molar-refractivity contribution in [2.75, 3.05) is 13.2 Å². The summed E-state index contributed by atoms with van der Waals surface area (Å²) in [7, 11) is 0. The average molecular weight is 378 g/mol. The van der Waals surface area contributed by atoms with Crippen molar-refractivity contribution in [3.63, 3.8) is 0 Å². The fourth-order valence-corrected chi connectivity index (χ4v) is 3.45. The summed E-state index contributed by atoms with van der Waals surface area (Å²) in [5, 5.41) is 0. The first-order valence-electron chi connectivity index (χ1n) is 8.53. The number of fused-ring (bicyclic) bond motifs is 1. The van der Waals surface area contributed by atoms with Gasteiger partial charge in [0, 0.05) is 6.42 Å². The molecule has 0 spiro atoms. The Morgan fingerprint density at radius 3 is 2.50 bits per heavy atom. The first-order valence-corrected chi connectivity index (χ1v) is 9.35. The number of carbonyl (C=O) groups excluding carboxylic acids is 3. The molecule has 0 aliphatic rings. The number of carbonyl (C=O) groups is 3. The van der Waals surface area contributed by atoms with E-state index in [4.69, 9.17) is 9.47 Å². The highest BCUT2D eigenvalue weighted by atomic mass is 32.1. The largest absolute Gasteiger partial charge is 0.465 e. The molecule has 140 valence electrons. The number of aromatic nitrogens is 1. The maximum absolute atomic E-state index is 11.9. The van der Waals surface area contributed by atoms with E-state index in [1.165, 1.54) is 11.3 Å². The summed E-state index contributed by atoms with van der Waals surface area (Å²) in [6.45, 7) is 5.88. The van der Waals surface area contributed by atoms with Crippen molar-refractivity contribution in [2.45, 2.75) is 40.2 Å². The lowest BCUT2D eigenvalue weighted by Crippen LogP contribution is -2.23. The Labute approximate surface area is 155 Å². The molecule has 0 fully saturated rings. The maximum atomic E-state index is 11.9. The lowest BCUT2D eigenvalue weighted by Gasteiger charge is -2.06. The maximum Gasteiger partial charge on any atom is 0.338 e. The number of esters is 2. The standard InChI is InChI=1S/C18H22N2O5S/c1-4-7-15(21)19-18-20(11-16(22)24-5-2)13-9-8-12(10-14(13)26-18)17(23)25-6-3/h8-10H,4-7,11H2,1-3H3. The summed E-state index contributed by atoms with van der Waals surface area (Å²) in [6, 6.07) is 5.04. The Morgan fingerprint density at radius 1 is 1.12 bits per heavy atom. The van der Waals surface area contributed by atoms with Crippen LogP contribution in [0.25, 0.3) is 10.2 Å². The second-order valence-corrected chi connectivity index (χ2v) is 6.44. The molecule has 0 saturated heterocycles. The summed E-state index contributed by atoms with van der Waals surface area (Å²) >= 11 is 1.25. The lowest BCUT2D eigenvalue weighted by atomic mass is 10.2. The third-order valence-corrected chi connectivity index (χ3v) is 4.51. The van der Waals surface area contributed by atoms with Crippen molar-refractivity contribution in [3.05, 3.63) is 28.6 Å². The number of hydrogen-bond donors (Lipinski definition) is 0. The SMILES string of the molecule is CCCC(=O)N=c1sc2cc(C(=O)OCC)ccc2n1CC(=O)OCC. The van der Waals surface area contributed by atoms with Gasteiger partial charge in [-0.15, -0.1) is 0 Å². The highest BCUT2D eigenvalue weighted by Gasteiger charge is 2.15. The smallest absolute Gasteiger partial charge is 0.338 e. The van der Waals surface area contributed by atoms with Crippen molar-refractivity contribution in [1.29, 1.82) is 0 Å². The van der Waals surface area contributed by atoms with Crippen LogP contribution in [0, 0.1) is 0 Å². The zero-order valence-electron chi connectivity index (χ0n) is 15.1. The van der Waals surface area contributed by atoms with Gasteiger partial charge in [0.1, 0.15) is 6.54 Å². The van der Waals surface area contributed by atoms with E-state index in [9.17, 15) is 14.4 Å². The van der Waals surface area contributed by atoms with Gasteiger partial charge < -0.3 is 14.0 Å². The van der Waals surface area contributed by atoms with Crippen molar-refractivity contribution in [3.8, 4) is 0 Å². The van der Waals surface area contributed by atoms with Gasteiger partial charge in [-0.05, 0) is 38.5 Å². The van der Waals surface area contributed by atoms with Crippen LogP contribution in [0.4, 0.5) is 0 Å². The number of hydrogen-bond acceptors (Lipinski definition) is 6. The van der Waals surface area contributed by atoms with Crippen LogP contribution in [0.2, 0.25) is 0 Å². The van der Waals surface area contributed by atoms with Crippen LogP contribution in [0.15, 0.2) is 23.2 Å². The van der Waals surface area contributed by atoms with Gasteiger partial charge in [-0.25, -0.2) is 4.79 Å². The van der Waals surface area contributed by atoms with Gasteiger partial charge in [0.05, 0.1) is 29.0 Å². The molecular formula is C18H22N2O5S. The van der Waals surface area contributed by atoms with Crippen molar-refractivity contribution >= 4 is 39.4 Å². The van der Waals surface area contributed by atoms with E-state index >= 15 is 0 Å². The van der Waals surface area contributed by atoms with Crippen LogP contribution >= 0.6 is 11.3 Å². The van der Waals surface area contributed by atoms with Gasteiger partial charge in [-0.3, -0.25) is 9.59 Å². The van der Waals surface area contributed by atoms with Crippen molar-refractivity contribution in [2.24, 2.45) is 4.99 Å². The van der Waals surface area contributed by atoms with Crippen molar-refractivity contribution in [1.82, 2.24) is 4.57 Å². The number of nitrogens with zero attached hydrogens (tertiary/aromatic N) is 2. The zero-order valence-corrected chi connectivity index (χ0v) is 15.9. The molecule has 0 atom stereocenters. The number of amides is 1. The molecule has 1 amide bonds. The molecule has 2 aromatic rings. The highest BCUT2D eigenvalue weighted by molar-refractivity contribution is 7.16. The quantitative estimate of drug-likeness (QED) is 0.691. The van der Waals surface area contributed by atoms with Crippen LogP contribution in [-0.2, 0) is 25.6 Å². The Kier molecular flexibility index (Phi) is 7.08. The number of ether oxygens (including phenoxy) is 2. The summed E-state index contributed by atoms with van der Waals surface area (Å²) < 4.78 is 12.4. The van der Waals surface area contributed by atoms with Crippen LogP contribution in [-0.4, -0.2) is 35.6 Å². The molecule has 1 heterocycles. The zero-order chi connectivity index (χ0) is 19.1. The summed E-state index contributed by atoms with van der Waals surface area (Å²) in [6.07, 6.45) is 1.03. The molecule has 0 unspecified atom stereocenters. The third kappa shape index (κ3) is 4.78. The summed E-state index contributed by atoms with van der Waals surface area (Å²) in [5.74, 6) is -1.08. The Bertz CT molecular complexity index is 881. The minimum atomic E-state index is -0.416. The van der Waals surface area contributed by atoms with Crippen LogP contribution in [0.1, 0.15) is 44.0 Å². The first-order chi connectivity index (χ1) is 12.5. The molecule has 26 heavy (non-hydrogen) atoms. The molecule has 0 bridgehead atoms. The highest BCUT2D eigenvalue weighted by Crippen LogP contribution is 2.20. The number of benzene rings is 1. The molecule has 2 rings (SSSR count). The normalized spacial score (nSPS) is 11.6.